The van der Waals surface area contributed by atoms with Crippen molar-refractivity contribution in [2.24, 2.45) is 0 Å². The number of pyridine rings is 1. The Bertz CT molecular complexity index is 637. The second-order valence-corrected chi connectivity index (χ2v) is 9.42. The van der Waals surface area contributed by atoms with Gasteiger partial charge in [-0.15, -0.1) is 5.54 Å². The number of aromatic amines is 2. The van der Waals surface area contributed by atoms with Gasteiger partial charge in [0.1, 0.15) is 13.8 Å². The molecule has 2 aromatic heterocycles. The molecule has 2 aromatic rings. The highest BCUT2D eigenvalue weighted by atomic mass is 28.3. The summed E-state index contributed by atoms with van der Waals surface area (Å²) in [6, 6.07) is 3.63. The molecule has 16 heavy (non-hydrogen) atoms. The van der Waals surface area contributed by atoms with E-state index in [9.17, 15) is 4.79 Å². The number of aromatic nitrogens is 3. The molecule has 0 bridgehead atoms. The molecule has 0 aliphatic rings. The maximum absolute atomic E-state index is 11.0. The van der Waals surface area contributed by atoms with Crippen molar-refractivity contribution in [3.8, 4) is 11.5 Å². The monoisotopic (exact) mass is 231 g/mol. The summed E-state index contributed by atoms with van der Waals surface area (Å²) in [7, 11) is -1.38. The highest BCUT2D eigenvalue weighted by Crippen LogP contribution is 2.05. The largest absolute Gasteiger partial charge is 0.325 e. The van der Waals surface area contributed by atoms with Crippen molar-refractivity contribution >= 4 is 19.2 Å². The summed E-state index contributed by atoms with van der Waals surface area (Å²) in [5, 5.41) is 0. The van der Waals surface area contributed by atoms with E-state index in [0.717, 1.165) is 0 Å². The van der Waals surface area contributed by atoms with Crippen LogP contribution in [0.2, 0.25) is 19.6 Å². The molecular formula is C11H13N3OSi. The van der Waals surface area contributed by atoms with Gasteiger partial charge in [0.2, 0.25) is 0 Å². The van der Waals surface area contributed by atoms with Crippen LogP contribution in [0.5, 0.6) is 0 Å². The van der Waals surface area contributed by atoms with Gasteiger partial charge in [-0.2, -0.15) is 0 Å². The third kappa shape index (κ3) is 2.41. The van der Waals surface area contributed by atoms with E-state index in [2.05, 4.69) is 46.1 Å². The van der Waals surface area contributed by atoms with E-state index in [1.165, 1.54) is 0 Å². The summed E-state index contributed by atoms with van der Waals surface area (Å²) in [6.07, 6.45) is 0. The standard InChI is InChI=1S/C11H13N3OSi/c1-16(2,3)7-6-8-4-5-9-10(12-8)14-11(15)13-9/h4-5H,1-3H3,(H2,12,13,14,15). The first-order valence-electron chi connectivity index (χ1n) is 5.06. The molecule has 2 N–H and O–H groups in total. The molecule has 5 heteroatoms. The SMILES string of the molecule is C[Si](C)(C)C#Cc1ccc2[nH]c(=O)[nH]c2n1. The van der Waals surface area contributed by atoms with E-state index in [1.54, 1.807) is 0 Å². The molecule has 0 radical (unpaired) electrons. The van der Waals surface area contributed by atoms with E-state index < -0.39 is 8.07 Å². The van der Waals surface area contributed by atoms with Gasteiger partial charge in [-0.1, -0.05) is 25.6 Å². The molecule has 0 fully saturated rings. The first kappa shape index (κ1) is 10.7. The Morgan fingerprint density at radius 2 is 2.00 bits per heavy atom. The number of imidazole rings is 1. The van der Waals surface area contributed by atoms with Crippen LogP contribution in [0.4, 0.5) is 0 Å². The Morgan fingerprint density at radius 1 is 1.25 bits per heavy atom. The summed E-state index contributed by atoms with van der Waals surface area (Å²) in [6.45, 7) is 6.53. The third-order valence-corrected chi connectivity index (χ3v) is 2.82. The van der Waals surface area contributed by atoms with Crippen LogP contribution in [-0.4, -0.2) is 23.0 Å². The number of nitrogens with one attached hydrogen (secondary N) is 2. The Balaban J connectivity index is 2.46. The van der Waals surface area contributed by atoms with Gasteiger partial charge in [0.25, 0.3) is 0 Å². The maximum atomic E-state index is 11.0. The minimum atomic E-state index is -1.38. The zero-order valence-electron chi connectivity index (χ0n) is 9.51. The van der Waals surface area contributed by atoms with E-state index in [0.29, 0.717) is 16.9 Å². The topological polar surface area (TPSA) is 61.5 Å². The minimum absolute atomic E-state index is 0.238. The Hall–Kier alpha value is -1.80. The highest BCUT2D eigenvalue weighted by molar-refractivity contribution is 6.83. The van der Waals surface area contributed by atoms with Crippen LogP contribution in [0.3, 0.4) is 0 Å². The molecular weight excluding hydrogens is 218 g/mol. The summed E-state index contributed by atoms with van der Waals surface area (Å²) >= 11 is 0. The summed E-state index contributed by atoms with van der Waals surface area (Å²) < 4.78 is 0. The van der Waals surface area contributed by atoms with E-state index >= 15 is 0 Å². The van der Waals surface area contributed by atoms with Gasteiger partial charge in [0, 0.05) is 0 Å². The molecule has 0 aromatic carbocycles. The van der Waals surface area contributed by atoms with Gasteiger partial charge >= 0.3 is 5.69 Å². The number of H-pyrrole nitrogens is 2. The van der Waals surface area contributed by atoms with Crippen LogP contribution < -0.4 is 5.69 Å². The maximum Gasteiger partial charge on any atom is 0.325 e. The van der Waals surface area contributed by atoms with Crippen LogP contribution in [0, 0.1) is 11.5 Å². The van der Waals surface area contributed by atoms with Gasteiger partial charge in [-0.3, -0.25) is 4.98 Å². The smallest absolute Gasteiger partial charge is 0.304 e. The van der Waals surface area contributed by atoms with Crippen molar-refractivity contribution in [1.29, 1.82) is 0 Å². The lowest BCUT2D eigenvalue weighted by Gasteiger charge is -2.02. The average Bonchev–Trinajstić information content (AvgIpc) is 2.52. The Labute approximate surface area is 94.1 Å². The van der Waals surface area contributed by atoms with Crippen molar-refractivity contribution in [2.45, 2.75) is 19.6 Å². The lowest BCUT2D eigenvalue weighted by Crippen LogP contribution is -2.16. The second kappa shape index (κ2) is 3.65. The fraction of sp³-hybridized carbons (Fsp3) is 0.273. The van der Waals surface area contributed by atoms with Gasteiger partial charge in [-0.25, -0.2) is 9.78 Å². The van der Waals surface area contributed by atoms with Crippen LogP contribution in [0.1, 0.15) is 5.69 Å². The number of hydrogen-bond donors (Lipinski definition) is 2. The zero-order valence-corrected chi connectivity index (χ0v) is 10.5. The van der Waals surface area contributed by atoms with Gasteiger partial charge in [-0.05, 0) is 12.1 Å². The van der Waals surface area contributed by atoms with Gasteiger partial charge in [0.15, 0.2) is 5.65 Å². The number of rotatable bonds is 0. The number of nitrogens with zero attached hydrogens (tertiary/aromatic N) is 1. The van der Waals surface area contributed by atoms with Crippen LogP contribution in [-0.2, 0) is 0 Å². The van der Waals surface area contributed by atoms with Crippen molar-refractivity contribution in [3.63, 3.8) is 0 Å². The number of hydrogen-bond acceptors (Lipinski definition) is 2. The minimum Gasteiger partial charge on any atom is -0.304 e. The van der Waals surface area contributed by atoms with E-state index in [-0.39, 0.29) is 5.69 Å². The van der Waals surface area contributed by atoms with Crippen molar-refractivity contribution < 1.29 is 0 Å². The molecule has 0 saturated carbocycles. The van der Waals surface area contributed by atoms with E-state index in [4.69, 9.17) is 0 Å². The quantitative estimate of drug-likeness (QED) is 0.533. The zero-order chi connectivity index (χ0) is 11.8. The van der Waals surface area contributed by atoms with Crippen LogP contribution in [0.15, 0.2) is 16.9 Å². The normalized spacial score (nSPS) is 11.2. The van der Waals surface area contributed by atoms with Crippen molar-refractivity contribution in [2.75, 3.05) is 0 Å². The van der Waals surface area contributed by atoms with E-state index in [1.807, 2.05) is 12.1 Å². The highest BCUT2D eigenvalue weighted by Gasteiger charge is 2.07. The molecule has 0 aliphatic heterocycles. The van der Waals surface area contributed by atoms with Gasteiger partial charge < -0.3 is 4.98 Å². The fourth-order valence-electron chi connectivity index (χ4n) is 1.24. The lowest BCUT2D eigenvalue weighted by molar-refractivity contribution is 1.20. The van der Waals surface area contributed by atoms with Gasteiger partial charge in [0.05, 0.1) is 5.52 Å². The molecule has 0 aliphatic carbocycles. The molecule has 0 unspecified atom stereocenters. The predicted octanol–water partition coefficient (Wildman–Crippen LogP) is 1.48. The van der Waals surface area contributed by atoms with Crippen molar-refractivity contribution in [1.82, 2.24) is 15.0 Å². The Kier molecular flexibility index (Phi) is 2.44. The fourth-order valence-corrected chi connectivity index (χ4v) is 1.74. The predicted molar refractivity (Wildman–Crippen MR) is 66.9 cm³/mol. The summed E-state index contributed by atoms with van der Waals surface area (Å²) in [5.41, 5.74) is 4.97. The molecule has 82 valence electrons. The lowest BCUT2D eigenvalue weighted by atomic mass is 10.3. The first-order chi connectivity index (χ1) is 7.44. The molecule has 0 atom stereocenters. The summed E-state index contributed by atoms with van der Waals surface area (Å²) in [5.74, 6) is 3.05. The second-order valence-electron chi connectivity index (χ2n) is 4.67. The summed E-state index contributed by atoms with van der Waals surface area (Å²) in [4.78, 5) is 20.6. The Morgan fingerprint density at radius 3 is 2.69 bits per heavy atom. The third-order valence-electron chi connectivity index (χ3n) is 1.94. The van der Waals surface area contributed by atoms with Crippen molar-refractivity contribution in [3.05, 3.63) is 28.3 Å². The average molecular weight is 231 g/mol. The molecule has 0 saturated heterocycles. The molecule has 0 spiro atoms. The molecule has 2 heterocycles. The van der Waals surface area contributed by atoms with Crippen LogP contribution in [0.25, 0.3) is 11.2 Å². The molecule has 0 amide bonds. The van der Waals surface area contributed by atoms with Crippen LogP contribution >= 0.6 is 0 Å². The first-order valence-corrected chi connectivity index (χ1v) is 8.56. The number of fused-ring (bicyclic) bond motifs is 1. The molecule has 4 nitrogen and oxygen atoms in total. The molecule has 2 rings (SSSR count).